The summed E-state index contributed by atoms with van der Waals surface area (Å²) in [6, 6.07) is 0. The first kappa shape index (κ1) is 11.9. The van der Waals surface area contributed by atoms with Gasteiger partial charge in [-0.1, -0.05) is 20.3 Å². The molecule has 0 spiro atoms. The highest BCUT2D eigenvalue weighted by Gasteiger charge is 2.23. The second-order valence-corrected chi connectivity index (χ2v) is 3.36. The molecule has 0 aromatic heterocycles. The summed E-state index contributed by atoms with van der Waals surface area (Å²) in [5, 5.41) is 0. The minimum atomic E-state index is 0.838. The molecule has 0 aliphatic heterocycles. The van der Waals surface area contributed by atoms with Gasteiger partial charge in [0.2, 0.25) is 0 Å². The zero-order valence-electron chi connectivity index (χ0n) is 9.10. The summed E-state index contributed by atoms with van der Waals surface area (Å²) in [5.74, 6) is 0. The quantitative estimate of drug-likeness (QED) is 0.426. The minimum Gasteiger partial charge on any atom is -0.206 e. The van der Waals surface area contributed by atoms with E-state index in [-0.39, 0.29) is 0 Å². The Morgan fingerprint density at radius 1 is 1.00 bits per heavy atom. The highest BCUT2D eigenvalue weighted by atomic mass is 16.7. The maximum absolute atomic E-state index is 5.57. The van der Waals surface area contributed by atoms with Gasteiger partial charge in [0.1, 0.15) is 19.6 Å². The Morgan fingerprint density at radius 3 is 2.00 bits per heavy atom. The molecule has 0 aliphatic rings. The average molecular weight is 174 g/mol. The topological polar surface area (TPSA) is 9.23 Å². The maximum atomic E-state index is 5.57. The standard InChI is InChI=1S/C10H24NO/c1-5-8-10-11(7-3,12-4)9-6-2/h5-10H2,1-4H3/q+1. The van der Waals surface area contributed by atoms with E-state index in [1.807, 2.05) is 7.11 Å². The lowest BCUT2D eigenvalue weighted by molar-refractivity contribution is -1.10. The fourth-order valence-corrected chi connectivity index (χ4v) is 1.59. The summed E-state index contributed by atoms with van der Waals surface area (Å²) >= 11 is 0. The Hall–Kier alpha value is -0.0800. The van der Waals surface area contributed by atoms with Gasteiger partial charge in [-0.3, -0.25) is 0 Å². The van der Waals surface area contributed by atoms with E-state index in [0.717, 1.165) is 24.3 Å². The van der Waals surface area contributed by atoms with Crippen LogP contribution in [0.4, 0.5) is 0 Å². The molecule has 0 saturated carbocycles. The molecule has 0 heterocycles. The van der Waals surface area contributed by atoms with Gasteiger partial charge in [-0.15, -0.1) is 0 Å². The van der Waals surface area contributed by atoms with E-state index in [2.05, 4.69) is 20.8 Å². The van der Waals surface area contributed by atoms with Crippen LogP contribution < -0.4 is 0 Å². The average Bonchev–Trinajstić information content (AvgIpc) is 2.13. The SMILES string of the molecule is CCCC[N+](CC)(CCC)OC. The van der Waals surface area contributed by atoms with E-state index < -0.39 is 0 Å². The van der Waals surface area contributed by atoms with Crippen molar-refractivity contribution >= 4 is 0 Å². The Balaban J connectivity index is 3.95. The first-order valence-corrected chi connectivity index (χ1v) is 5.16. The molecule has 0 saturated heterocycles. The van der Waals surface area contributed by atoms with Crippen molar-refractivity contribution in [1.29, 1.82) is 0 Å². The zero-order chi connectivity index (χ0) is 9.45. The van der Waals surface area contributed by atoms with Gasteiger partial charge in [-0.25, -0.2) is 4.84 Å². The third-order valence-electron chi connectivity index (χ3n) is 2.51. The molecular formula is C10H24NO+. The molecule has 1 atom stereocenters. The van der Waals surface area contributed by atoms with Crippen LogP contribution in [0.15, 0.2) is 0 Å². The highest BCUT2D eigenvalue weighted by molar-refractivity contribution is 4.35. The minimum absolute atomic E-state index is 0.838. The first-order valence-electron chi connectivity index (χ1n) is 5.16. The van der Waals surface area contributed by atoms with E-state index in [0.29, 0.717) is 0 Å². The van der Waals surface area contributed by atoms with E-state index >= 15 is 0 Å². The summed E-state index contributed by atoms with van der Waals surface area (Å²) in [6.07, 6.45) is 3.72. The summed E-state index contributed by atoms with van der Waals surface area (Å²) in [4.78, 5) is 5.57. The van der Waals surface area contributed by atoms with Gasteiger partial charge in [0.15, 0.2) is 0 Å². The summed E-state index contributed by atoms with van der Waals surface area (Å²) in [5.41, 5.74) is 0. The number of hydroxylamine groups is 3. The third kappa shape index (κ3) is 3.55. The van der Waals surface area contributed by atoms with Crippen LogP contribution in [0.5, 0.6) is 0 Å². The number of nitrogens with zero attached hydrogens (tertiary/aromatic N) is 1. The van der Waals surface area contributed by atoms with Gasteiger partial charge in [-0.2, -0.15) is 4.65 Å². The molecule has 0 N–H and O–H groups in total. The van der Waals surface area contributed by atoms with Crippen LogP contribution in [0.25, 0.3) is 0 Å². The van der Waals surface area contributed by atoms with Gasteiger partial charge in [0, 0.05) is 0 Å². The van der Waals surface area contributed by atoms with E-state index in [1.54, 1.807) is 0 Å². The van der Waals surface area contributed by atoms with Crippen molar-refractivity contribution in [2.24, 2.45) is 0 Å². The summed E-state index contributed by atoms with van der Waals surface area (Å²) in [6.45, 7) is 10.0. The van der Waals surface area contributed by atoms with Crippen molar-refractivity contribution in [3.8, 4) is 0 Å². The van der Waals surface area contributed by atoms with Gasteiger partial charge < -0.3 is 0 Å². The molecule has 2 heteroatoms. The molecule has 74 valence electrons. The van der Waals surface area contributed by atoms with Crippen LogP contribution in [0, 0.1) is 0 Å². The molecule has 0 aromatic rings. The van der Waals surface area contributed by atoms with Crippen molar-refractivity contribution < 1.29 is 9.48 Å². The molecule has 0 aromatic carbocycles. The van der Waals surface area contributed by atoms with Crippen molar-refractivity contribution in [3.63, 3.8) is 0 Å². The summed E-state index contributed by atoms with van der Waals surface area (Å²) in [7, 11) is 1.83. The Kier molecular flexibility index (Phi) is 6.39. The lowest BCUT2D eigenvalue weighted by atomic mass is 10.3. The van der Waals surface area contributed by atoms with E-state index in [9.17, 15) is 0 Å². The monoisotopic (exact) mass is 174 g/mol. The lowest BCUT2D eigenvalue weighted by Crippen LogP contribution is -2.47. The van der Waals surface area contributed by atoms with Crippen molar-refractivity contribution in [2.45, 2.75) is 40.0 Å². The van der Waals surface area contributed by atoms with Crippen LogP contribution in [0.2, 0.25) is 0 Å². The van der Waals surface area contributed by atoms with Crippen LogP contribution in [-0.2, 0) is 4.84 Å². The normalized spacial score (nSPS) is 16.0. The van der Waals surface area contributed by atoms with Crippen LogP contribution in [0.1, 0.15) is 40.0 Å². The lowest BCUT2D eigenvalue weighted by Gasteiger charge is -2.32. The van der Waals surface area contributed by atoms with Crippen LogP contribution >= 0.6 is 0 Å². The molecule has 2 nitrogen and oxygen atoms in total. The first-order chi connectivity index (χ1) is 5.74. The summed E-state index contributed by atoms with van der Waals surface area (Å²) < 4.78 is 0.838. The van der Waals surface area contributed by atoms with Crippen molar-refractivity contribution in [3.05, 3.63) is 0 Å². The molecule has 12 heavy (non-hydrogen) atoms. The molecular weight excluding hydrogens is 150 g/mol. The molecule has 0 amide bonds. The van der Waals surface area contributed by atoms with Crippen LogP contribution in [0.3, 0.4) is 0 Å². The van der Waals surface area contributed by atoms with Gasteiger partial charge in [0.25, 0.3) is 0 Å². The third-order valence-corrected chi connectivity index (χ3v) is 2.51. The number of hydrogen-bond acceptors (Lipinski definition) is 1. The fourth-order valence-electron chi connectivity index (χ4n) is 1.59. The predicted molar refractivity (Wildman–Crippen MR) is 52.7 cm³/mol. The maximum Gasteiger partial charge on any atom is 0.109 e. The molecule has 0 fully saturated rings. The Bertz CT molecular complexity index is 100. The van der Waals surface area contributed by atoms with Crippen molar-refractivity contribution in [1.82, 2.24) is 0 Å². The number of hydrogen-bond donors (Lipinski definition) is 0. The van der Waals surface area contributed by atoms with Crippen LogP contribution in [-0.4, -0.2) is 31.4 Å². The highest BCUT2D eigenvalue weighted by Crippen LogP contribution is 2.10. The fraction of sp³-hybridized carbons (Fsp3) is 1.00. The zero-order valence-corrected chi connectivity index (χ0v) is 9.10. The second kappa shape index (κ2) is 6.44. The molecule has 1 unspecified atom stereocenters. The number of quaternary nitrogens is 1. The van der Waals surface area contributed by atoms with Gasteiger partial charge in [0.05, 0.1) is 7.11 Å². The Labute approximate surface area is 77.1 Å². The second-order valence-electron chi connectivity index (χ2n) is 3.36. The van der Waals surface area contributed by atoms with Gasteiger partial charge in [-0.05, 0) is 19.8 Å². The van der Waals surface area contributed by atoms with Crippen molar-refractivity contribution in [2.75, 3.05) is 26.7 Å². The largest absolute Gasteiger partial charge is 0.206 e. The predicted octanol–water partition coefficient (Wildman–Crippen LogP) is 2.59. The van der Waals surface area contributed by atoms with E-state index in [4.69, 9.17) is 4.84 Å². The van der Waals surface area contributed by atoms with E-state index in [1.165, 1.54) is 19.3 Å². The number of rotatable bonds is 7. The van der Waals surface area contributed by atoms with Gasteiger partial charge >= 0.3 is 0 Å². The Morgan fingerprint density at radius 2 is 1.67 bits per heavy atom. The molecule has 0 radical (unpaired) electrons. The molecule has 0 rings (SSSR count). The smallest absolute Gasteiger partial charge is 0.109 e. The number of unbranched alkanes of at least 4 members (excludes halogenated alkanes) is 1. The molecule has 0 bridgehead atoms. The molecule has 0 aliphatic carbocycles.